The molecule has 0 aliphatic carbocycles. The summed E-state index contributed by atoms with van der Waals surface area (Å²) in [4.78, 5) is 16.0. The van der Waals surface area contributed by atoms with Crippen molar-refractivity contribution in [3.8, 4) is 0 Å². The van der Waals surface area contributed by atoms with Crippen LogP contribution in [-0.2, 0) is 16.6 Å². The molecule has 0 saturated heterocycles. The lowest BCUT2D eigenvalue weighted by Gasteiger charge is -2.01. The maximum atomic E-state index is 12.2. The van der Waals surface area contributed by atoms with E-state index in [2.05, 4.69) is 15.0 Å². The molecule has 6 nitrogen and oxygen atoms in total. The summed E-state index contributed by atoms with van der Waals surface area (Å²) in [6.45, 7) is 0.249. The minimum Gasteiger partial charge on any atom is -0.351 e. The zero-order chi connectivity index (χ0) is 17.3. The number of sulfonamides is 1. The fraction of sp³-hybridized carbons (Fsp3) is 0.133. The van der Waals surface area contributed by atoms with Crippen LogP contribution in [0.25, 0.3) is 10.9 Å². The predicted octanol–water partition coefficient (Wildman–Crippen LogP) is 2.72. The van der Waals surface area contributed by atoms with Gasteiger partial charge in [0.05, 0.1) is 6.54 Å². The Balaban J connectivity index is 1.71. The van der Waals surface area contributed by atoms with Crippen molar-refractivity contribution in [1.29, 1.82) is 0 Å². The van der Waals surface area contributed by atoms with Crippen molar-refractivity contribution >= 4 is 49.8 Å². The molecular formula is C15H14ClN3O3S2. The standard InChI is InChI=1S/C15H14ClN3O3S2/c1-17-24(21,22)14-5-3-11(23-14)8-18-15(20)13-7-9-6-10(16)2-4-12(9)19-13/h2-7,17,19H,8H2,1H3,(H,18,20). The molecule has 126 valence electrons. The molecular weight excluding hydrogens is 370 g/mol. The van der Waals surface area contributed by atoms with Crippen molar-refractivity contribution < 1.29 is 13.2 Å². The summed E-state index contributed by atoms with van der Waals surface area (Å²) >= 11 is 7.05. The molecule has 0 spiro atoms. The fourth-order valence-electron chi connectivity index (χ4n) is 2.19. The van der Waals surface area contributed by atoms with Gasteiger partial charge in [-0.3, -0.25) is 4.79 Å². The van der Waals surface area contributed by atoms with E-state index in [-0.39, 0.29) is 16.7 Å². The monoisotopic (exact) mass is 383 g/mol. The van der Waals surface area contributed by atoms with Crippen LogP contribution in [0.15, 0.2) is 40.6 Å². The number of hydrogen-bond donors (Lipinski definition) is 3. The molecule has 1 amide bonds. The summed E-state index contributed by atoms with van der Waals surface area (Å²) in [5.41, 5.74) is 1.25. The van der Waals surface area contributed by atoms with Crippen molar-refractivity contribution in [2.75, 3.05) is 7.05 Å². The number of carbonyl (C=O) groups is 1. The first-order valence-corrected chi connectivity index (χ1v) is 9.65. The van der Waals surface area contributed by atoms with Crippen molar-refractivity contribution in [3.63, 3.8) is 0 Å². The number of rotatable bonds is 5. The molecule has 0 atom stereocenters. The van der Waals surface area contributed by atoms with Gasteiger partial charge in [0.25, 0.3) is 5.91 Å². The van der Waals surface area contributed by atoms with E-state index in [1.54, 1.807) is 24.3 Å². The summed E-state index contributed by atoms with van der Waals surface area (Å²) in [5.74, 6) is -0.270. The molecule has 1 aromatic carbocycles. The highest BCUT2D eigenvalue weighted by Crippen LogP contribution is 2.22. The van der Waals surface area contributed by atoms with Crippen LogP contribution in [0.5, 0.6) is 0 Å². The molecule has 0 saturated carbocycles. The lowest BCUT2D eigenvalue weighted by Crippen LogP contribution is -2.22. The number of nitrogens with one attached hydrogen (secondary N) is 3. The minimum atomic E-state index is -3.45. The zero-order valence-corrected chi connectivity index (χ0v) is 15.0. The smallest absolute Gasteiger partial charge is 0.268 e. The van der Waals surface area contributed by atoms with Gasteiger partial charge >= 0.3 is 0 Å². The molecule has 0 bridgehead atoms. The van der Waals surface area contributed by atoms with Crippen LogP contribution < -0.4 is 10.0 Å². The second-order valence-corrected chi connectivity index (χ2v) is 8.74. The van der Waals surface area contributed by atoms with E-state index in [1.165, 1.54) is 13.1 Å². The lowest BCUT2D eigenvalue weighted by atomic mass is 10.2. The molecule has 2 aromatic heterocycles. The number of halogens is 1. The second-order valence-electron chi connectivity index (χ2n) is 5.03. The molecule has 3 rings (SSSR count). The van der Waals surface area contributed by atoms with Crippen LogP contribution in [0, 0.1) is 0 Å². The van der Waals surface area contributed by atoms with Crippen LogP contribution in [-0.4, -0.2) is 26.4 Å². The summed E-state index contributed by atoms with van der Waals surface area (Å²) in [6.07, 6.45) is 0. The van der Waals surface area contributed by atoms with E-state index in [4.69, 9.17) is 11.6 Å². The Morgan fingerprint density at radius 2 is 2.04 bits per heavy atom. The maximum Gasteiger partial charge on any atom is 0.268 e. The summed E-state index contributed by atoms with van der Waals surface area (Å²) in [6, 6.07) is 10.3. The highest BCUT2D eigenvalue weighted by molar-refractivity contribution is 7.91. The van der Waals surface area contributed by atoms with Crippen molar-refractivity contribution in [2.24, 2.45) is 0 Å². The van der Waals surface area contributed by atoms with E-state index >= 15 is 0 Å². The summed E-state index contributed by atoms with van der Waals surface area (Å²) in [7, 11) is -2.09. The van der Waals surface area contributed by atoms with Gasteiger partial charge in [-0.25, -0.2) is 13.1 Å². The Hall–Kier alpha value is -1.87. The third kappa shape index (κ3) is 3.46. The van der Waals surface area contributed by atoms with Gasteiger partial charge in [0.1, 0.15) is 9.90 Å². The Morgan fingerprint density at radius 3 is 2.79 bits per heavy atom. The van der Waals surface area contributed by atoms with Crippen LogP contribution in [0.3, 0.4) is 0 Å². The SMILES string of the molecule is CNS(=O)(=O)c1ccc(CNC(=O)c2cc3cc(Cl)ccc3[nH]2)s1. The first-order chi connectivity index (χ1) is 11.4. The van der Waals surface area contributed by atoms with E-state index in [9.17, 15) is 13.2 Å². The number of hydrogen-bond acceptors (Lipinski definition) is 4. The van der Waals surface area contributed by atoms with E-state index in [0.717, 1.165) is 27.1 Å². The average molecular weight is 384 g/mol. The van der Waals surface area contributed by atoms with Crippen LogP contribution in [0.4, 0.5) is 0 Å². The number of amides is 1. The van der Waals surface area contributed by atoms with Crippen LogP contribution in [0.1, 0.15) is 15.4 Å². The Labute approximate surface area is 147 Å². The predicted molar refractivity (Wildman–Crippen MR) is 95.0 cm³/mol. The normalized spacial score (nSPS) is 11.8. The summed E-state index contributed by atoms with van der Waals surface area (Å²) in [5, 5.41) is 4.22. The van der Waals surface area contributed by atoms with E-state index < -0.39 is 10.0 Å². The zero-order valence-electron chi connectivity index (χ0n) is 12.6. The molecule has 24 heavy (non-hydrogen) atoms. The van der Waals surface area contributed by atoms with Gasteiger partial charge in [0, 0.05) is 20.8 Å². The molecule has 9 heteroatoms. The molecule has 2 heterocycles. The first kappa shape index (κ1) is 17.0. The molecule has 0 fully saturated rings. The van der Waals surface area contributed by atoms with Gasteiger partial charge in [-0.05, 0) is 43.4 Å². The molecule has 3 N–H and O–H groups in total. The fourth-order valence-corrected chi connectivity index (χ4v) is 4.50. The minimum absolute atomic E-state index is 0.217. The lowest BCUT2D eigenvalue weighted by molar-refractivity contribution is 0.0947. The van der Waals surface area contributed by atoms with Gasteiger partial charge in [0.2, 0.25) is 10.0 Å². The number of aromatic amines is 1. The van der Waals surface area contributed by atoms with Gasteiger partial charge in [-0.1, -0.05) is 11.6 Å². The van der Waals surface area contributed by atoms with Crippen LogP contribution >= 0.6 is 22.9 Å². The third-order valence-electron chi connectivity index (χ3n) is 3.42. The Bertz CT molecular complexity index is 1010. The highest BCUT2D eigenvalue weighted by Gasteiger charge is 2.15. The topological polar surface area (TPSA) is 91.1 Å². The number of H-pyrrole nitrogens is 1. The second kappa shape index (κ2) is 6.56. The molecule has 0 radical (unpaired) electrons. The third-order valence-corrected chi connectivity index (χ3v) is 6.65. The van der Waals surface area contributed by atoms with Crippen molar-refractivity contribution in [2.45, 2.75) is 10.8 Å². The van der Waals surface area contributed by atoms with Gasteiger partial charge < -0.3 is 10.3 Å². The molecule has 3 aromatic rings. The van der Waals surface area contributed by atoms with Crippen molar-refractivity contribution in [1.82, 2.24) is 15.0 Å². The highest BCUT2D eigenvalue weighted by atomic mass is 35.5. The average Bonchev–Trinajstić information content (AvgIpc) is 3.19. The van der Waals surface area contributed by atoms with Gasteiger partial charge in [-0.15, -0.1) is 11.3 Å². The number of benzene rings is 1. The van der Waals surface area contributed by atoms with E-state index in [1.807, 2.05) is 6.07 Å². The number of aromatic nitrogens is 1. The van der Waals surface area contributed by atoms with Gasteiger partial charge in [-0.2, -0.15) is 0 Å². The largest absolute Gasteiger partial charge is 0.351 e. The Morgan fingerprint density at radius 1 is 1.25 bits per heavy atom. The number of thiophene rings is 1. The summed E-state index contributed by atoms with van der Waals surface area (Å²) < 4.78 is 25.9. The van der Waals surface area contributed by atoms with Crippen molar-refractivity contribution in [3.05, 3.63) is 52.0 Å². The molecule has 0 unspecified atom stereocenters. The molecule has 0 aliphatic rings. The molecule has 0 aliphatic heterocycles. The van der Waals surface area contributed by atoms with Gasteiger partial charge in [0.15, 0.2) is 0 Å². The van der Waals surface area contributed by atoms with E-state index in [0.29, 0.717) is 10.7 Å². The first-order valence-electron chi connectivity index (χ1n) is 6.98. The van der Waals surface area contributed by atoms with Crippen LogP contribution in [0.2, 0.25) is 5.02 Å². The quantitative estimate of drug-likeness (QED) is 0.632. The number of carbonyl (C=O) groups excluding carboxylic acids is 1. The Kier molecular flexibility index (Phi) is 4.64. The maximum absolute atomic E-state index is 12.2. The number of fused-ring (bicyclic) bond motifs is 1.